The third-order valence-electron chi connectivity index (χ3n) is 5.11. The first-order valence-electron chi connectivity index (χ1n) is 10.3. The van der Waals surface area contributed by atoms with Crippen molar-refractivity contribution in [1.82, 2.24) is 10.2 Å². The summed E-state index contributed by atoms with van der Waals surface area (Å²) in [6, 6.07) is 11.2. The van der Waals surface area contributed by atoms with E-state index in [1.54, 1.807) is 4.90 Å². The first-order chi connectivity index (χ1) is 14.3. The highest BCUT2D eigenvalue weighted by molar-refractivity contribution is 9.10. The predicted octanol–water partition coefficient (Wildman–Crippen LogP) is 4.70. The molecule has 2 aromatic carbocycles. The Morgan fingerprint density at radius 1 is 1.07 bits per heavy atom. The van der Waals surface area contributed by atoms with Gasteiger partial charge in [-0.05, 0) is 68.5 Å². The van der Waals surface area contributed by atoms with E-state index < -0.39 is 6.04 Å². The number of benzene rings is 2. The Balaban J connectivity index is 2.24. The number of nitrogens with zero attached hydrogens (tertiary/aromatic N) is 1. The van der Waals surface area contributed by atoms with Crippen molar-refractivity contribution < 1.29 is 14.3 Å². The highest BCUT2D eigenvalue weighted by Gasteiger charge is 2.29. The molecule has 2 rings (SSSR count). The van der Waals surface area contributed by atoms with Crippen molar-refractivity contribution in [1.29, 1.82) is 0 Å². The van der Waals surface area contributed by atoms with Crippen LogP contribution in [0.15, 0.2) is 40.9 Å². The lowest BCUT2D eigenvalue weighted by Gasteiger charge is -2.31. The summed E-state index contributed by atoms with van der Waals surface area (Å²) < 4.78 is 6.86. The SMILES string of the molecule is CCNC(=O)[C@@H](CC)N(Cc1ccccc1C)C(=O)COc1cc(C)c(Br)c(C)c1. The topological polar surface area (TPSA) is 58.6 Å². The monoisotopic (exact) mass is 474 g/mol. The van der Waals surface area contributed by atoms with Crippen LogP contribution in [0.25, 0.3) is 0 Å². The van der Waals surface area contributed by atoms with Gasteiger partial charge in [-0.15, -0.1) is 0 Å². The van der Waals surface area contributed by atoms with E-state index in [9.17, 15) is 9.59 Å². The van der Waals surface area contributed by atoms with Crippen LogP contribution in [0.1, 0.15) is 42.5 Å². The number of amides is 2. The number of carbonyl (C=O) groups excluding carboxylic acids is 2. The minimum Gasteiger partial charge on any atom is -0.484 e. The highest BCUT2D eigenvalue weighted by Crippen LogP contribution is 2.26. The largest absolute Gasteiger partial charge is 0.484 e. The van der Waals surface area contributed by atoms with Crippen LogP contribution in [0.2, 0.25) is 0 Å². The van der Waals surface area contributed by atoms with Crippen molar-refractivity contribution in [2.24, 2.45) is 0 Å². The first-order valence-corrected chi connectivity index (χ1v) is 11.1. The van der Waals surface area contributed by atoms with Gasteiger partial charge in [-0.2, -0.15) is 0 Å². The zero-order valence-corrected chi connectivity index (χ0v) is 20.0. The van der Waals surface area contributed by atoms with E-state index in [2.05, 4.69) is 21.2 Å². The van der Waals surface area contributed by atoms with Crippen LogP contribution in [0.4, 0.5) is 0 Å². The second kappa shape index (κ2) is 11.2. The van der Waals surface area contributed by atoms with E-state index in [-0.39, 0.29) is 18.4 Å². The minimum atomic E-state index is -0.547. The Morgan fingerprint density at radius 3 is 2.27 bits per heavy atom. The van der Waals surface area contributed by atoms with E-state index in [0.29, 0.717) is 25.3 Å². The molecule has 2 amide bonds. The van der Waals surface area contributed by atoms with Gasteiger partial charge in [-0.3, -0.25) is 9.59 Å². The normalized spacial score (nSPS) is 11.7. The van der Waals surface area contributed by atoms with Crippen LogP contribution >= 0.6 is 15.9 Å². The van der Waals surface area contributed by atoms with Gasteiger partial charge in [-0.25, -0.2) is 0 Å². The summed E-state index contributed by atoms with van der Waals surface area (Å²) in [4.78, 5) is 27.5. The summed E-state index contributed by atoms with van der Waals surface area (Å²) in [7, 11) is 0. The average Bonchev–Trinajstić information content (AvgIpc) is 2.71. The molecule has 0 radical (unpaired) electrons. The van der Waals surface area contributed by atoms with Gasteiger partial charge in [-0.1, -0.05) is 47.1 Å². The molecule has 30 heavy (non-hydrogen) atoms. The number of hydrogen-bond acceptors (Lipinski definition) is 3. The fraction of sp³-hybridized carbons (Fsp3) is 0.417. The molecule has 1 N–H and O–H groups in total. The zero-order chi connectivity index (χ0) is 22.3. The van der Waals surface area contributed by atoms with E-state index in [4.69, 9.17) is 4.74 Å². The van der Waals surface area contributed by atoms with E-state index in [0.717, 1.165) is 26.7 Å². The molecule has 0 fully saturated rings. The van der Waals surface area contributed by atoms with Gasteiger partial charge in [0.2, 0.25) is 5.91 Å². The predicted molar refractivity (Wildman–Crippen MR) is 124 cm³/mol. The second-order valence-electron chi connectivity index (χ2n) is 7.43. The minimum absolute atomic E-state index is 0.123. The van der Waals surface area contributed by atoms with Crippen molar-refractivity contribution in [3.8, 4) is 5.75 Å². The molecule has 0 heterocycles. The first kappa shape index (κ1) is 23.9. The molecule has 0 aliphatic carbocycles. The fourth-order valence-corrected chi connectivity index (χ4v) is 3.63. The molecule has 0 unspecified atom stereocenters. The smallest absolute Gasteiger partial charge is 0.261 e. The van der Waals surface area contributed by atoms with Gasteiger partial charge < -0.3 is 15.0 Å². The molecule has 1 atom stereocenters. The van der Waals surface area contributed by atoms with Crippen molar-refractivity contribution in [2.45, 2.75) is 53.6 Å². The lowest BCUT2D eigenvalue weighted by atomic mass is 10.1. The highest BCUT2D eigenvalue weighted by atomic mass is 79.9. The number of halogens is 1. The molecule has 162 valence electrons. The summed E-state index contributed by atoms with van der Waals surface area (Å²) in [5.74, 6) is 0.287. The molecule has 0 aliphatic heterocycles. The van der Waals surface area contributed by atoms with Gasteiger partial charge in [0.05, 0.1) is 0 Å². The van der Waals surface area contributed by atoms with E-state index in [1.165, 1.54) is 0 Å². The maximum atomic E-state index is 13.2. The molecule has 5 nitrogen and oxygen atoms in total. The van der Waals surface area contributed by atoms with Crippen LogP contribution in [-0.4, -0.2) is 35.9 Å². The second-order valence-corrected chi connectivity index (χ2v) is 8.22. The molecule has 0 aromatic heterocycles. The fourth-order valence-electron chi connectivity index (χ4n) is 3.40. The number of likely N-dealkylation sites (N-methyl/N-ethyl adjacent to an activating group) is 1. The van der Waals surface area contributed by atoms with Crippen molar-refractivity contribution >= 4 is 27.7 Å². The van der Waals surface area contributed by atoms with Crippen LogP contribution in [0, 0.1) is 20.8 Å². The Hall–Kier alpha value is -2.34. The van der Waals surface area contributed by atoms with Gasteiger partial charge in [0.15, 0.2) is 6.61 Å². The van der Waals surface area contributed by atoms with E-state index >= 15 is 0 Å². The number of hydrogen-bond donors (Lipinski definition) is 1. The summed E-state index contributed by atoms with van der Waals surface area (Å²) >= 11 is 3.54. The molecule has 0 aliphatic rings. The molecular weight excluding hydrogens is 444 g/mol. The number of ether oxygens (including phenoxy) is 1. The zero-order valence-electron chi connectivity index (χ0n) is 18.4. The van der Waals surface area contributed by atoms with Crippen molar-refractivity contribution in [2.75, 3.05) is 13.2 Å². The number of nitrogens with one attached hydrogen (secondary N) is 1. The number of carbonyl (C=O) groups is 2. The number of aryl methyl sites for hydroxylation is 3. The number of rotatable bonds is 9. The lowest BCUT2D eigenvalue weighted by molar-refractivity contribution is -0.142. The standard InChI is InChI=1S/C24H31BrN2O3/c1-6-21(24(29)26-7-2)27(14-19-11-9-8-10-16(19)3)22(28)15-30-20-12-17(4)23(25)18(5)13-20/h8-13,21H,6-7,14-15H2,1-5H3,(H,26,29)/t21-/m1/s1. The van der Waals surface area contributed by atoms with Crippen LogP contribution in [-0.2, 0) is 16.1 Å². The molecule has 0 saturated heterocycles. The Bertz CT molecular complexity index is 875. The molecule has 0 bridgehead atoms. The Morgan fingerprint density at radius 2 is 1.70 bits per heavy atom. The Labute approximate surface area is 187 Å². The quantitative estimate of drug-likeness (QED) is 0.572. The van der Waals surface area contributed by atoms with Crippen LogP contribution < -0.4 is 10.1 Å². The van der Waals surface area contributed by atoms with Gasteiger partial charge in [0.25, 0.3) is 5.91 Å². The Kier molecular flexibility index (Phi) is 8.90. The van der Waals surface area contributed by atoms with Crippen LogP contribution in [0.5, 0.6) is 5.75 Å². The van der Waals surface area contributed by atoms with Crippen molar-refractivity contribution in [3.05, 3.63) is 63.1 Å². The summed E-state index contributed by atoms with van der Waals surface area (Å²) in [6.45, 7) is 10.5. The van der Waals surface area contributed by atoms with Gasteiger partial charge in [0, 0.05) is 17.6 Å². The maximum absolute atomic E-state index is 13.2. The van der Waals surface area contributed by atoms with E-state index in [1.807, 2.05) is 71.0 Å². The summed E-state index contributed by atoms with van der Waals surface area (Å²) in [5, 5.41) is 2.85. The maximum Gasteiger partial charge on any atom is 0.261 e. The third-order valence-corrected chi connectivity index (χ3v) is 6.36. The molecule has 0 saturated carbocycles. The van der Waals surface area contributed by atoms with Gasteiger partial charge >= 0.3 is 0 Å². The molecule has 2 aromatic rings. The summed E-state index contributed by atoms with van der Waals surface area (Å²) in [5.41, 5.74) is 4.19. The lowest BCUT2D eigenvalue weighted by Crippen LogP contribution is -2.50. The molecule has 0 spiro atoms. The van der Waals surface area contributed by atoms with Crippen LogP contribution in [0.3, 0.4) is 0 Å². The average molecular weight is 475 g/mol. The molecule has 6 heteroatoms. The summed E-state index contributed by atoms with van der Waals surface area (Å²) in [6.07, 6.45) is 0.528. The third kappa shape index (κ3) is 6.08. The van der Waals surface area contributed by atoms with Crippen molar-refractivity contribution in [3.63, 3.8) is 0 Å². The molecular formula is C24H31BrN2O3. The van der Waals surface area contributed by atoms with Gasteiger partial charge in [0.1, 0.15) is 11.8 Å².